The lowest BCUT2D eigenvalue weighted by atomic mass is 10.1. The van der Waals surface area contributed by atoms with Crippen LogP contribution in [0.4, 0.5) is 8.78 Å². The second-order valence-electron chi connectivity index (χ2n) is 3.38. The second kappa shape index (κ2) is 6.96. The molecule has 17 heavy (non-hydrogen) atoms. The predicted molar refractivity (Wildman–Crippen MR) is 58.5 cm³/mol. The Kier molecular flexibility index (Phi) is 5.56. The molecular formula is C12H14F2O3. The maximum Gasteiger partial charge on any atom is 0.387 e. The lowest BCUT2D eigenvalue weighted by molar-refractivity contribution is -0.0498. The Bertz CT molecular complexity index is 349. The highest BCUT2D eigenvalue weighted by atomic mass is 19.3. The van der Waals surface area contributed by atoms with Crippen molar-refractivity contribution in [2.45, 2.75) is 20.0 Å². The van der Waals surface area contributed by atoms with E-state index in [0.29, 0.717) is 12.2 Å². The second-order valence-corrected chi connectivity index (χ2v) is 3.38. The minimum absolute atomic E-state index is 0.00287. The lowest BCUT2D eigenvalue weighted by Gasteiger charge is -2.05. The van der Waals surface area contributed by atoms with E-state index >= 15 is 0 Å². The van der Waals surface area contributed by atoms with E-state index in [0.717, 1.165) is 6.42 Å². The average Bonchev–Trinajstić information content (AvgIpc) is 2.29. The fourth-order valence-corrected chi connectivity index (χ4v) is 1.21. The Balaban J connectivity index is 2.52. The fraction of sp³-hybridized carbons (Fsp3) is 0.417. The number of carbonyl (C=O) groups is 1. The van der Waals surface area contributed by atoms with Gasteiger partial charge in [-0.3, -0.25) is 4.79 Å². The van der Waals surface area contributed by atoms with E-state index in [9.17, 15) is 13.6 Å². The van der Waals surface area contributed by atoms with Gasteiger partial charge in [0, 0.05) is 12.2 Å². The van der Waals surface area contributed by atoms with Gasteiger partial charge in [0.1, 0.15) is 12.4 Å². The first-order valence-electron chi connectivity index (χ1n) is 5.29. The molecule has 0 N–H and O–H groups in total. The summed E-state index contributed by atoms with van der Waals surface area (Å²) in [5.74, 6) is -0.145. The summed E-state index contributed by atoms with van der Waals surface area (Å²) in [6.45, 7) is -0.383. The number of carbonyl (C=O) groups excluding carboxylic acids is 1. The molecule has 1 aromatic carbocycles. The molecule has 0 heterocycles. The van der Waals surface area contributed by atoms with Gasteiger partial charge in [-0.1, -0.05) is 6.92 Å². The number of ketones is 1. The monoisotopic (exact) mass is 244 g/mol. The first kappa shape index (κ1) is 13.6. The number of hydrogen-bond acceptors (Lipinski definition) is 3. The minimum Gasteiger partial charge on any atom is -0.435 e. The minimum atomic E-state index is -2.86. The molecule has 0 unspecified atom stereocenters. The summed E-state index contributed by atoms with van der Waals surface area (Å²) in [5, 5.41) is 0. The van der Waals surface area contributed by atoms with Crippen molar-refractivity contribution in [2.75, 3.05) is 13.2 Å². The third-order valence-corrected chi connectivity index (χ3v) is 1.98. The molecule has 3 nitrogen and oxygen atoms in total. The molecule has 0 amide bonds. The van der Waals surface area contributed by atoms with E-state index in [1.807, 2.05) is 6.92 Å². The SMILES string of the molecule is CCCOCC(=O)c1ccc(OC(F)F)cc1. The molecule has 0 bridgehead atoms. The summed E-state index contributed by atoms with van der Waals surface area (Å²) in [5.41, 5.74) is 0.419. The number of rotatable bonds is 7. The van der Waals surface area contributed by atoms with Gasteiger partial charge in [0.2, 0.25) is 0 Å². The van der Waals surface area contributed by atoms with Gasteiger partial charge >= 0.3 is 6.61 Å². The zero-order chi connectivity index (χ0) is 12.7. The third-order valence-electron chi connectivity index (χ3n) is 1.98. The molecule has 0 spiro atoms. The maximum absolute atomic E-state index is 11.9. The zero-order valence-electron chi connectivity index (χ0n) is 9.49. The molecule has 0 aliphatic carbocycles. The molecule has 0 radical (unpaired) electrons. The molecular weight excluding hydrogens is 230 g/mol. The highest BCUT2D eigenvalue weighted by Gasteiger charge is 2.08. The maximum atomic E-state index is 11.9. The normalized spacial score (nSPS) is 10.6. The molecule has 0 aromatic heterocycles. The largest absolute Gasteiger partial charge is 0.435 e. The summed E-state index contributed by atoms with van der Waals surface area (Å²) in [7, 11) is 0. The van der Waals surface area contributed by atoms with Crippen LogP contribution in [0.15, 0.2) is 24.3 Å². The van der Waals surface area contributed by atoms with Gasteiger partial charge in [0.25, 0.3) is 0 Å². The molecule has 0 saturated heterocycles. The Morgan fingerprint density at radius 3 is 2.47 bits per heavy atom. The number of alkyl halides is 2. The first-order valence-corrected chi connectivity index (χ1v) is 5.29. The van der Waals surface area contributed by atoms with Crippen LogP contribution in [0.5, 0.6) is 5.75 Å². The summed E-state index contributed by atoms with van der Waals surface area (Å²) in [6.07, 6.45) is 0.842. The Hall–Kier alpha value is -1.49. The van der Waals surface area contributed by atoms with Gasteiger partial charge < -0.3 is 9.47 Å². The van der Waals surface area contributed by atoms with E-state index in [1.54, 1.807) is 0 Å². The smallest absolute Gasteiger partial charge is 0.387 e. The average molecular weight is 244 g/mol. The number of halogens is 2. The predicted octanol–water partition coefficient (Wildman–Crippen LogP) is 2.90. The van der Waals surface area contributed by atoms with Crippen LogP contribution < -0.4 is 4.74 Å². The van der Waals surface area contributed by atoms with Gasteiger partial charge in [0.05, 0.1) is 0 Å². The van der Waals surface area contributed by atoms with Gasteiger partial charge in [-0.15, -0.1) is 0 Å². The van der Waals surface area contributed by atoms with Crippen molar-refractivity contribution < 1.29 is 23.0 Å². The van der Waals surface area contributed by atoms with Gasteiger partial charge in [-0.25, -0.2) is 0 Å². The molecule has 0 fully saturated rings. The van der Waals surface area contributed by atoms with Crippen molar-refractivity contribution in [3.05, 3.63) is 29.8 Å². The Labute approximate surface area is 98.3 Å². The van der Waals surface area contributed by atoms with Crippen molar-refractivity contribution in [1.82, 2.24) is 0 Å². The Morgan fingerprint density at radius 2 is 1.94 bits per heavy atom. The van der Waals surface area contributed by atoms with Crippen LogP contribution in [0.1, 0.15) is 23.7 Å². The quantitative estimate of drug-likeness (QED) is 0.546. The summed E-state index contributed by atoms with van der Waals surface area (Å²) < 4.78 is 33.0. The van der Waals surface area contributed by atoms with Crippen molar-refractivity contribution in [3.63, 3.8) is 0 Å². The molecule has 0 saturated carbocycles. The third kappa shape index (κ3) is 4.91. The molecule has 0 aliphatic heterocycles. The van der Waals surface area contributed by atoms with Crippen LogP contribution in [-0.2, 0) is 4.74 Å². The van der Waals surface area contributed by atoms with Crippen LogP contribution in [0.2, 0.25) is 0 Å². The van der Waals surface area contributed by atoms with E-state index in [-0.39, 0.29) is 18.1 Å². The van der Waals surface area contributed by atoms with Crippen LogP contribution in [0, 0.1) is 0 Å². The van der Waals surface area contributed by atoms with E-state index in [1.165, 1.54) is 24.3 Å². The summed E-state index contributed by atoms with van der Waals surface area (Å²) in [4.78, 5) is 11.5. The van der Waals surface area contributed by atoms with Crippen molar-refractivity contribution in [1.29, 1.82) is 0 Å². The molecule has 94 valence electrons. The molecule has 5 heteroatoms. The van der Waals surface area contributed by atoms with Crippen LogP contribution in [0.3, 0.4) is 0 Å². The van der Waals surface area contributed by atoms with Crippen LogP contribution in [-0.4, -0.2) is 25.6 Å². The lowest BCUT2D eigenvalue weighted by Crippen LogP contribution is -2.09. The van der Waals surface area contributed by atoms with Crippen LogP contribution in [0.25, 0.3) is 0 Å². The first-order chi connectivity index (χ1) is 8.13. The van der Waals surface area contributed by atoms with Gasteiger partial charge in [-0.2, -0.15) is 8.78 Å². The van der Waals surface area contributed by atoms with Crippen molar-refractivity contribution in [2.24, 2.45) is 0 Å². The molecule has 1 aromatic rings. The van der Waals surface area contributed by atoms with E-state index in [4.69, 9.17) is 4.74 Å². The van der Waals surface area contributed by atoms with E-state index < -0.39 is 6.61 Å². The van der Waals surface area contributed by atoms with Crippen molar-refractivity contribution in [3.8, 4) is 5.75 Å². The summed E-state index contributed by atoms with van der Waals surface area (Å²) >= 11 is 0. The van der Waals surface area contributed by atoms with E-state index in [2.05, 4.69) is 4.74 Å². The highest BCUT2D eigenvalue weighted by Crippen LogP contribution is 2.15. The fourth-order valence-electron chi connectivity index (χ4n) is 1.21. The number of ether oxygens (including phenoxy) is 2. The topological polar surface area (TPSA) is 35.5 Å². The van der Waals surface area contributed by atoms with Gasteiger partial charge in [-0.05, 0) is 30.7 Å². The standard InChI is InChI=1S/C12H14F2O3/c1-2-7-16-8-11(15)9-3-5-10(6-4-9)17-12(13)14/h3-6,12H,2,7-8H2,1H3. The van der Waals surface area contributed by atoms with Gasteiger partial charge in [0.15, 0.2) is 5.78 Å². The highest BCUT2D eigenvalue weighted by molar-refractivity contribution is 5.97. The zero-order valence-corrected chi connectivity index (χ0v) is 9.49. The number of hydrogen-bond donors (Lipinski definition) is 0. The summed E-state index contributed by atoms with van der Waals surface area (Å²) in [6, 6.07) is 5.54. The van der Waals surface area contributed by atoms with Crippen LogP contribution >= 0.6 is 0 Å². The molecule has 1 rings (SSSR count). The Morgan fingerprint density at radius 1 is 1.29 bits per heavy atom. The number of Topliss-reactive ketones (excluding diaryl/α,β-unsaturated/α-hetero) is 1. The van der Waals surface area contributed by atoms with Crippen molar-refractivity contribution >= 4 is 5.78 Å². The molecule has 0 aliphatic rings. The number of benzene rings is 1. The molecule has 0 atom stereocenters.